The Balaban J connectivity index is 1.73. The van der Waals surface area contributed by atoms with Crippen LogP contribution in [0.3, 0.4) is 0 Å². The molecule has 0 saturated heterocycles. The molecule has 6 heteroatoms. The van der Waals surface area contributed by atoms with Gasteiger partial charge in [-0.3, -0.25) is 5.10 Å². The van der Waals surface area contributed by atoms with Crippen molar-refractivity contribution in [3.63, 3.8) is 0 Å². The molecular formula is C13H22N4O2. The Labute approximate surface area is 113 Å². The van der Waals surface area contributed by atoms with Crippen LogP contribution in [0.2, 0.25) is 0 Å². The average molecular weight is 266 g/mol. The summed E-state index contributed by atoms with van der Waals surface area (Å²) in [6.07, 6.45) is 5.29. The third kappa shape index (κ3) is 3.70. The van der Waals surface area contributed by atoms with Crippen LogP contribution in [0.4, 0.5) is 4.79 Å². The number of hydrogen-bond acceptors (Lipinski definition) is 3. The van der Waals surface area contributed by atoms with Crippen molar-refractivity contribution in [1.82, 2.24) is 20.8 Å². The number of nitrogens with one attached hydrogen (secondary N) is 3. The molecule has 0 aliphatic heterocycles. The fourth-order valence-corrected chi connectivity index (χ4v) is 2.49. The number of aliphatic hydroxyl groups excluding tert-OH is 1. The SMILES string of the molecule is CC1(CNC(=O)NCc2ccn[nH]2)CCCCC1O. The first-order valence-electron chi connectivity index (χ1n) is 6.78. The van der Waals surface area contributed by atoms with E-state index in [4.69, 9.17) is 0 Å². The zero-order valence-corrected chi connectivity index (χ0v) is 11.3. The molecule has 19 heavy (non-hydrogen) atoms. The Kier molecular flexibility index (Phi) is 4.42. The van der Waals surface area contributed by atoms with Gasteiger partial charge in [0.1, 0.15) is 0 Å². The molecule has 1 saturated carbocycles. The minimum absolute atomic E-state index is 0.205. The minimum Gasteiger partial charge on any atom is -0.392 e. The maximum atomic E-state index is 11.7. The summed E-state index contributed by atoms with van der Waals surface area (Å²) in [6.45, 7) is 2.96. The Morgan fingerprint density at radius 2 is 2.42 bits per heavy atom. The molecule has 2 atom stereocenters. The molecule has 2 amide bonds. The number of amides is 2. The highest BCUT2D eigenvalue weighted by Crippen LogP contribution is 2.35. The van der Waals surface area contributed by atoms with E-state index in [0.717, 1.165) is 31.4 Å². The standard InChI is InChI=1S/C13H22N4O2/c1-13(6-3-2-4-11(13)18)9-15-12(19)14-8-10-5-7-16-17-10/h5,7,11,18H,2-4,6,8-9H2,1H3,(H,16,17)(H2,14,15,19). The van der Waals surface area contributed by atoms with Crippen molar-refractivity contribution < 1.29 is 9.90 Å². The number of carbonyl (C=O) groups is 1. The zero-order chi connectivity index (χ0) is 13.7. The van der Waals surface area contributed by atoms with Crippen LogP contribution in [0.1, 0.15) is 38.3 Å². The predicted octanol–water partition coefficient (Wildman–Crippen LogP) is 1.15. The van der Waals surface area contributed by atoms with E-state index in [2.05, 4.69) is 20.8 Å². The number of hydrogen-bond donors (Lipinski definition) is 4. The van der Waals surface area contributed by atoms with E-state index in [-0.39, 0.29) is 17.6 Å². The number of urea groups is 1. The molecule has 0 bridgehead atoms. The lowest BCUT2D eigenvalue weighted by Gasteiger charge is -2.38. The summed E-state index contributed by atoms with van der Waals surface area (Å²) in [5, 5.41) is 22.2. The van der Waals surface area contributed by atoms with Crippen molar-refractivity contribution in [2.75, 3.05) is 6.54 Å². The quantitative estimate of drug-likeness (QED) is 0.659. The summed E-state index contributed by atoms with van der Waals surface area (Å²) in [4.78, 5) is 11.7. The minimum atomic E-state index is -0.325. The highest BCUT2D eigenvalue weighted by Gasteiger charge is 2.35. The Morgan fingerprint density at radius 1 is 1.58 bits per heavy atom. The molecule has 1 aliphatic rings. The summed E-state index contributed by atoms with van der Waals surface area (Å²) >= 11 is 0. The van der Waals surface area contributed by atoms with Gasteiger partial charge in [-0.05, 0) is 18.9 Å². The third-order valence-electron chi connectivity index (χ3n) is 3.93. The zero-order valence-electron chi connectivity index (χ0n) is 11.3. The number of nitrogens with zero attached hydrogens (tertiary/aromatic N) is 1. The van der Waals surface area contributed by atoms with Gasteiger partial charge in [0.15, 0.2) is 0 Å². The van der Waals surface area contributed by atoms with Crippen LogP contribution in [0.15, 0.2) is 12.3 Å². The van der Waals surface area contributed by atoms with E-state index in [9.17, 15) is 9.90 Å². The van der Waals surface area contributed by atoms with Crippen molar-refractivity contribution >= 4 is 6.03 Å². The van der Waals surface area contributed by atoms with Gasteiger partial charge in [0, 0.05) is 18.2 Å². The molecule has 0 spiro atoms. The highest BCUT2D eigenvalue weighted by molar-refractivity contribution is 5.73. The summed E-state index contributed by atoms with van der Waals surface area (Å²) in [7, 11) is 0. The Hall–Kier alpha value is -1.56. The van der Waals surface area contributed by atoms with Crippen LogP contribution in [0, 0.1) is 5.41 Å². The third-order valence-corrected chi connectivity index (χ3v) is 3.93. The maximum absolute atomic E-state index is 11.7. The molecule has 106 valence electrons. The molecule has 1 aliphatic carbocycles. The number of aliphatic hydroxyl groups is 1. The maximum Gasteiger partial charge on any atom is 0.315 e. The van der Waals surface area contributed by atoms with Crippen LogP contribution in [0.25, 0.3) is 0 Å². The first-order valence-corrected chi connectivity index (χ1v) is 6.78. The van der Waals surface area contributed by atoms with Gasteiger partial charge in [-0.2, -0.15) is 5.10 Å². The summed E-state index contributed by atoms with van der Waals surface area (Å²) < 4.78 is 0. The van der Waals surface area contributed by atoms with Gasteiger partial charge in [0.2, 0.25) is 0 Å². The number of aromatic nitrogens is 2. The largest absolute Gasteiger partial charge is 0.392 e. The van der Waals surface area contributed by atoms with Gasteiger partial charge >= 0.3 is 6.03 Å². The van der Waals surface area contributed by atoms with E-state index in [1.54, 1.807) is 6.20 Å². The Bertz CT molecular complexity index is 407. The van der Waals surface area contributed by atoms with E-state index in [0.29, 0.717) is 13.1 Å². The monoisotopic (exact) mass is 266 g/mol. The summed E-state index contributed by atoms with van der Waals surface area (Å²) in [5.41, 5.74) is 0.655. The molecule has 4 N–H and O–H groups in total. The van der Waals surface area contributed by atoms with Crippen LogP contribution in [-0.2, 0) is 6.54 Å². The number of aromatic amines is 1. The van der Waals surface area contributed by atoms with Crippen molar-refractivity contribution in [2.45, 2.75) is 45.3 Å². The fourth-order valence-electron chi connectivity index (χ4n) is 2.49. The first-order chi connectivity index (χ1) is 9.10. The van der Waals surface area contributed by atoms with Gasteiger partial charge in [0.25, 0.3) is 0 Å². The van der Waals surface area contributed by atoms with Crippen molar-refractivity contribution in [3.05, 3.63) is 18.0 Å². The average Bonchev–Trinajstić information content (AvgIpc) is 2.91. The molecule has 2 rings (SSSR count). The molecular weight excluding hydrogens is 244 g/mol. The molecule has 1 aromatic heterocycles. The van der Waals surface area contributed by atoms with Gasteiger partial charge in [-0.1, -0.05) is 19.8 Å². The second-order valence-corrected chi connectivity index (χ2v) is 5.53. The van der Waals surface area contributed by atoms with Crippen molar-refractivity contribution in [2.24, 2.45) is 5.41 Å². The lowest BCUT2D eigenvalue weighted by molar-refractivity contribution is 0.00308. The van der Waals surface area contributed by atoms with E-state index >= 15 is 0 Å². The Morgan fingerprint density at radius 3 is 3.11 bits per heavy atom. The molecule has 1 fully saturated rings. The second kappa shape index (κ2) is 6.06. The first kappa shape index (κ1) is 13.9. The van der Waals surface area contributed by atoms with Gasteiger partial charge in [-0.15, -0.1) is 0 Å². The topological polar surface area (TPSA) is 90.0 Å². The van der Waals surface area contributed by atoms with Gasteiger partial charge < -0.3 is 15.7 Å². The smallest absolute Gasteiger partial charge is 0.315 e. The van der Waals surface area contributed by atoms with Crippen LogP contribution in [-0.4, -0.2) is 34.0 Å². The van der Waals surface area contributed by atoms with Gasteiger partial charge in [-0.25, -0.2) is 4.79 Å². The number of rotatable bonds is 4. The molecule has 0 radical (unpaired) electrons. The van der Waals surface area contributed by atoms with Crippen molar-refractivity contribution in [3.8, 4) is 0 Å². The van der Waals surface area contributed by atoms with Gasteiger partial charge in [0.05, 0.1) is 18.3 Å². The van der Waals surface area contributed by atoms with Crippen molar-refractivity contribution in [1.29, 1.82) is 0 Å². The van der Waals surface area contributed by atoms with Crippen LogP contribution in [0.5, 0.6) is 0 Å². The lowest BCUT2D eigenvalue weighted by Crippen LogP contribution is -2.47. The second-order valence-electron chi connectivity index (χ2n) is 5.53. The predicted molar refractivity (Wildman–Crippen MR) is 71.4 cm³/mol. The normalized spacial score (nSPS) is 26.9. The number of H-pyrrole nitrogens is 1. The fraction of sp³-hybridized carbons (Fsp3) is 0.692. The van der Waals surface area contributed by atoms with E-state index in [1.165, 1.54) is 0 Å². The summed E-state index contributed by atoms with van der Waals surface area (Å²) in [6, 6.07) is 1.60. The molecule has 2 unspecified atom stereocenters. The van der Waals surface area contributed by atoms with Crippen LogP contribution < -0.4 is 10.6 Å². The highest BCUT2D eigenvalue weighted by atomic mass is 16.3. The molecule has 6 nitrogen and oxygen atoms in total. The van der Waals surface area contributed by atoms with E-state index < -0.39 is 0 Å². The molecule has 0 aromatic carbocycles. The summed E-state index contributed by atoms with van der Waals surface area (Å²) in [5.74, 6) is 0. The van der Waals surface area contributed by atoms with Crippen LogP contribution >= 0.6 is 0 Å². The lowest BCUT2D eigenvalue weighted by atomic mass is 9.73. The number of carbonyl (C=O) groups excluding carboxylic acids is 1. The molecule has 1 heterocycles. The molecule has 1 aromatic rings. The van der Waals surface area contributed by atoms with E-state index in [1.807, 2.05) is 13.0 Å².